The normalized spacial score (nSPS) is 24.0. The Kier molecular flexibility index (Phi) is 4.45. The highest BCUT2D eigenvalue weighted by Crippen LogP contribution is 2.29. The molecule has 0 bridgehead atoms. The highest BCUT2D eigenvalue weighted by Gasteiger charge is 2.34. The number of hydrogen-bond acceptors (Lipinski definition) is 3. The average Bonchev–Trinajstić information content (AvgIpc) is 3.16. The summed E-state index contributed by atoms with van der Waals surface area (Å²) in [5, 5.41) is 13.2. The first-order valence-electron chi connectivity index (χ1n) is 7.29. The molecule has 0 amide bonds. The van der Waals surface area contributed by atoms with Crippen LogP contribution in [0.5, 0.6) is 0 Å². The van der Waals surface area contributed by atoms with Gasteiger partial charge in [-0.25, -0.2) is 0 Å². The highest BCUT2D eigenvalue weighted by atomic mass is 16.3. The van der Waals surface area contributed by atoms with Gasteiger partial charge in [-0.2, -0.15) is 0 Å². The zero-order chi connectivity index (χ0) is 12.3. The number of aliphatic hydroxyl groups excluding tert-OH is 1. The molecule has 0 saturated heterocycles. The van der Waals surface area contributed by atoms with Crippen molar-refractivity contribution < 1.29 is 5.11 Å². The lowest BCUT2D eigenvalue weighted by Crippen LogP contribution is -2.49. The molecule has 0 aromatic heterocycles. The van der Waals surface area contributed by atoms with Crippen LogP contribution >= 0.6 is 0 Å². The molecule has 0 aromatic carbocycles. The maximum Gasteiger partial charge on any atom is 0.0611 e. The molecule has 2 aliphatic carbocycles. The first kappa shape index (κ1) is 13.3. The van der Waals surface area contributed by atoms with Crippen molar-refractivity contribution in [2.75, 3.05) is 19.7 Å². The molecule has 2 rings (SSSR count). The van der Waals surface area contributed by atoms with E-state index in [0.717, 1.165) is 19.0 Å². The Bertz CT molecular complexity index is 238. The zero-order valence-corrected chi connectivity index (χ0v) is 11.4. The summed E-state index contributed by atoms with van der Waals surface area (Å²) in [6, 6.07) is 1.52. The Morgan fingerprint density at radius 1 is 1.24 bits per heavy atom. The van der Waals surface area contributed by atoms with Crippen LogP contribution in [0.25, 0.3) is 0 Å². The Morgan fingerprint density at radius 2 is 1.94 bits per heavy atom. The van der Waals surface area contributed by atoms with Crippen molar-refractivity contribution in [3.8, 4) is 0 Å². The van der Waals surface area contributed by atoms with E-state index in [1.54, 1.807) is 0 Å². The molecule has 3 heteroatoms. The molecule has 2 fully saturated rings. The van der Waals surface area contributed by atoms with Crippen molar-refractivity contribution >= 4 is 0 Å². The van der Waals surface area contributed by atoms with Crippen LogP contribution in [0.3, 0.4) is 0 Å². The lowest BCUT2D eigenvalue weighted by molar-refractivity contribution is 0.141. The molecule has 2 aliphatic rings. The fraction of sp³-hybridized carbons (Fsp3) is 1.00. The standard InChI is InChI=1S/C14H28N2O/c1-3-9-16(13-6-7-13)10-8-14(2,11-17)15-12-4-5-12/h12-13,15,17H,3-11H2,1-2H3. The maximum absolute atomic E-state index is 9.58. The van der Waals surface area contributed by atoms with Crippen molar-refractivity contribution in [1.29, 1.82) is 0 Å². The third-order valence-electron chi connectivity index (χ3n) is 4.00. The Morgan fingerprint density at radius 3 is 2.41 bits per heavy atom. The third kappa shape index (κ3) is 4.23. The van der Waals surface area contributed by atoms with Gasteiger partial charge in [0, 0.05) is 24.2 Å². The molecule has 0 spiro atoms. The topological polar surface area (TPSA) is 35.5 Å². The SMILES string of the molecule is CCCN(CCC(C)(CO)NC1CC1)C1CC1. The number of nitrogens with zero attached hydrogens (tertiary/aromatic N) is 1. The molecular weight excluding hydrogens is 212 g/mol. The fourth-order valence-corrected chi connectivity index (χ4v) is 2.51. The van der Waals surface area contributed by atoms with E-state index in [1.807, 2.05) is 0 Å². The van der Waals surface area contributed by atoms with E-state index in [4.69, 9.17) is 0 Å². The molecule has 0 aliphatic heterocycles. The van der Waals surface area contributed by atoms with Crippen LogP contribution in [0.2, 0.25) is 0 Å². The van der Waals surface area contributed by atoms with Gasteiger partial charge in [0.25, 0.3) is 0 Å². The summed E-state index contributed by atoms with van der Waals surface area (Å²) >= 11 is 0. The Hall–Kier alpha value is -0.120. The Labute approximate surface area is 106 Å². The van der Waals surface area contributed by atoms with Crippen LogP contribution in [0.4, 0.5) is 0 Å². The lowest BCUT2D eigenvalue weighted by atomic mass is 9.98. The van der Waals surface area contributed by atoms with Crippen LogP contribution in [-0.4, -0.2) is 47.3 Å². The van der Waals surface area contributed by atoms with Gasteiger partial charge in [0.15, 0.2) is 0 Å². The van der Waals surface area contributed by atoms with Crippen LogP contribution in [0, 0.1) is 0 Å². The van der Waals surface area contributed by atoms with Crippen LogP contribution in [0.15, 0.2) is 0 Å². The van der Waals surface area contributed by atoms with Gasteiger partial charge in [-0.3, -0.25) is 0 Å². The van der Waals surface area contributed by atoms with E-state index in [9.17, 15) is 5.11 Å². The first-order valence-corrected chi connectivity index (χ1v) is 7.29. The van der Waals surface area contributed by atoms with Gasteiger partial charge in [-0.15, -0.1) is 0 Å². The van der Waals surface area contributed by atoms with E-state index in [0.29, 0.717) is 6.04 Å². The van der Waals surface area contributed by atoms with Gasteiger partial charge in [0.2, 0.25) is 0 Å². The van der Waals surface area contributed by atoms with Gasteiger partial charge < -0.3 is 15.3 Å². The second kappa shape index (κ2) is 5.68. The van der Waals surface area contributed by atoms with Crippen LogP contribution in [-0.2, 0) is 0 Å². The first-order chi connectivity index (χ1) is 8.17. The highest BCUT2D eigenvalue weighted by molar-refractivity contribution is 4.94. The quantitative estimate of drug-likeness (QED) is 0.644. The molecule has 1 unspecified atom stereocenters. The van der Waals surface area contributed by atoms with E-state index in [2.05, 4.69) is 24.1 Å². The number of hydrogen-bond donors (Lipinski definition) is 2. The largest absolute Gasteiger partial charge is 0.394 e. The predicted octanol–water partition coefficient (Wildman–Crippen LogP) is 1.75. The van der Waals surface area contributed by atoms with Gasteiger partial charge in [-0.1, -0.05) is 6.92 Å². The monoisotopic (exact) mass is 240 g/mol. The van der Waals surface area contributed by atoms with Crippen molar-refractivity contribution in [2.24, 2.45) is 0 Å². The Balaban J connectivity index is 1.76. The van der Waals surface area contributed by atoms with Crippen molar-refractivity contribution in [2.45, 2.75) is 70.0 Å². The van der Waals surface area contributed by atoms with Gasteiger partial charge >= 0.3 is 0 Å². The van der Waals surface area contributed by atoms with E-state index < -0.39 is 0 Å². The minimum atomic E-state index is -0.0674. The minimum absolute atomic E-state index is 0.0674. The van der Waals surface area contributed by atoms with Crippen molar-refractivity contribution in [3.63, 3.8) is 0 Å². The summed E-state index contributed by atoms with van der Waals surface area (Å²) in [5.41, 5.74) is -0.0674. The van der Waals surface area contributed by atoms with Crippen LogP contribution in [0.1, 0.15) is 52.4 Å². The number of rotatable bonds is 9. The molecule has 0 aromatic rings. The van der Waals surface area contributed by atoms with Crippen molar-refractivity contribution in [3.05, 3.63) is 0 Å². The van der Waals surface area contributed by atoms with Crippen molar-refractivity contribution in [1.82, 2.24) is 10.2 Å². The molecule has 100 valence electrons. The van der Waals surface area contributed by atoms with E-state index >= 15 is 0 Å². The summed E-state index contributed by atoms with van der Waals surface area (Å²) in [7, 11) is 0. The molecule has 3 nitrogen and oxygen atoms in total. The predicted molar refractivity (Wildman–Crippen MR) is 71.2 cm³/mol. The van der Waals surface area contributed by atoms with Gasteiger partial charge in [0.05, 0.1) is 6.61 Å². The van der Waals surface area contributed by atoms with E-state index in [-0.39, 0.29) is 12.1 Å². The summed E-state index contributed by atoms with van der Waals surface area (Å²) in [4.78, 5) is 2.61. The summed E-state index contributed by atoms with van der Waals surface area (Å²) in [5.74, 6) is 0. The lowest BCUT2D eigenvalue weighted by Gasteiger charge is -2.32. The maximum atomic E-state index is 9.58. The average molecular weight is 240 g/mol. The molecule has 17 heavy (non-hydrogen) atoms. The summed E-state index contributed by atoms with van der Waals surface area (Å²) in [6.07, 6.45) is 7.64. The van der Waals surface area contributed by atoms with E-state index in [1.165, 1.54) is 38.6 Å². The third-order valence-corrected chi connectivity index (χ3v) is 4.00. The molecule has 2 saturated carbocycles. The number of aliphatic hydroxyl groups is 1. The van der Waals surface area contributed by atoms with Gasteiger partial charge in [0.1, 0.15) is 0 Å². The minimum Gasteiger partial charge on any atom is -0.394 e. The molecule has 2 N–H and O–H groups in total. The van der Waals surface area contributed by atoms with Crippen LogP contribution < -0.4 is 5.32 Å². The second-order valence-electron chi connectivity index (χ2n) is 6.15. The summed E-state index contributed by atoms with van der Waals surface area (Å²) < 4.78 is 0. The summed E-state index contributed by atoms with van der Waals surface area (Å²) in [6.45, 7) is 7.03. The molecule has 1 atom stereocenters. The van der Waals surface area contributed by atoms with Gasteiger partial charge in [-0.05, 0) is 52.0 Å². The fourth-order valence-electron chi connectivity index (χ4n) is 2.51. The molecule has 0 heterocycles. The molecular formula is C14H28N2O. The zero-order valence-electron chi connectivity index (χ0n) is 11.4. The molecule has 0 radical (unpaired) electrons. The number of nitrogens with one attached hydrogen (secondary N) is 1. The smallest absolute Gasteiger partial charge is 0.0611 e. The second-order valence-corrected chi connectivity index (χ2v) is 6.15.